The number of nitrogens with zero attached hydrogens (tertiary/aromatic N) is 3. The first-order valence-corrected chi connectivity index (χ1v) is 9.88. The van der Waals surface area contributed by atoms with Crippen LogP contribution in [0.4, 0.5) is 5.95 Å². The molecule has 0 N–H and O–H groups in total. The van der Waals surface area contributed by atoms with E-state index in [1.54, 1.807) is 0 Å². The van der Waals surface area contributed by atoms with Gasteiger partial charge in [0.15, 0.2) is 5.78 Å². The molecule has 3 aromatic rings. The van der Waals surface area contributed by atoms with Gasteiger partial charge in [0.25, 0.3) is 0 Å². The van der Waals surface area contributed by atoms with Gasteiger partial charge in [0.2, 0.25) is 5.95 Å². The van der Waals surface area contributed by atoms with Crippen LogP contribution in [-0.2, 0) is 4.74 Å². The van der Waals surface area contributed by atoms with Crippen molar-refractivity contribution in [3.8, 4) is 28.3 Å². The Bertz CT molecular complexity index is 1070. The molecule has 1 aromatic heterocycles. The highest BCUT2D eigenvalue weighted by molar-refractivity contribution is 6.23. The van der Waals surface area contributed by atoms with E-state index in [0.717, 1.165) is 30.0 Å². The highest BCUT2D eigenvalue weighted by Crippen LogP contribution is 2.40. The Balaban J connectivity index is 1.68. The van der Waals surface area contributed by atoms with Crippen molar-refractivity contribution in [2.45, 2.75) is 6.92 Å². The topological polar surface area (TPSA) is 64.6 Å². The minimum absolute atomic E-state index is 0.0204. The molecule has 1 saturated heterocycles. The Kier molecular flexibility index (Phi) is 4.48. The molecule has 1 aliphatic carbocycles. The van der Waals surface area contributed by atoms with E-state index in [1.807, 2.05) is 55.5 Å². The quantitative estimate of drug-likeness (QED) is 0.533. The van der Waals surface area contributed by atoms with Crippen LogP contribution in [-0.4, -0.2) is 48.7 Å². The first kappa shape index (κ1) is 17.8. The summed E-state index contributed by atoms with van der Waals surface area (Å²) in [5, 5.41) is 0. The maximum absolute atomic E-state index is 13.2. The van der Waals surface area contributed by atoms with Gasteiger partial charge in [-0.25, -0.2) is 9.97 Å². The van der Waals surface area contributed by atoms with Crippen LogP contribution in [0.1, 0.15) is 22.8 Å². The number of ether oxygens (including phenoxy) is 2. The lowest BCUT2D eigenvalue weighted by Crippen LogP contribution is -2.37. The lowest BCUT2D eigenvalue weighted by atomic mass is 10.0. The third-order valence-corrected chi connectivity index (χ3v) is 5.28. The number of hydrogen-bond acceptors (Lipinski definition) is 6. The standard InChI is InChI=1S/C23H21N3O3/c1-2-29-16-9-7-15(8-10-16)20-19-21(17-5-3-4-6-18(17)22(19)27)25-23(24-20)26-11-13-28-14-12-26/h3-10H,2,11-14H2,1H3. The number of fused-ring (bicyclic) bond motifs is 3. The van der Waals surface area contributed by atoms with Gasteiger partial charge in [0.05, 0.1) is 36.8 Å². The number of carbonyl (C=O) groups excluding carboxylic acids is 1. The number of rotatable bonds is 4. The third-order valence-electron chi connectivity index (χ3n) is 5.28. The fraction of sp³-hybridized carbons (Fsp3) is 0.261. The maximum atomic E-state index is 13.2. The predicted octanol–water partition coefficient (Wildman–Crippen LogP) is 3.59. The van der Waals surface area contributed by atoms with Gasteiger partial charge in [0, 0.05) is 29.8 Å². The lowest BCUT2D eigenvalue weighted by Gasteiger charge is -2.27. The number of benzene rings is 2. The zero-order valence-corrected chi connectivity index (χ0v) is 16.2. The van der Waals surface area contributed by atoms with Crippen molar-refractivity contribution in [2.75, 3.05) is 37.8 Å². The second-order valence-electron chi connectivity index (χ2n) is 7.03. The molecular formula is C23H21N3O3. The molecule has 146 valence electrons. The van der Waals surface area contributed by atoms with Crippen molar-refractivity contribution >= 4 is 11.7 Å². The SMILES string of the molecule is CCOc1ccc(-c2nc(N3CCOCC3)nc3c2C(=O)c2ccccc2-3)cc1. The van der Waals surface area contributed by atoms with E-state index in [9.17, 15) is 4.79 Å². The molecule has 0 spiro atoms. The number of anilines is 1. The van der Waals surface area contributed by atoms with Crippen LogP contribution in [0.5, 0.6) is 5.75 Å². The first-order chi connectivity index (χ1) is 14.3. The fourth-order valence-electron chi connectivity index (χ4n) is 3.87. The summed E-state index contributed by atoms with van der Waals surface area (Å²) in [5.41, 5.74) is 4.39. The van der Waals surface area contributed by atoms with Crippen LogP contribution in [0.2, 0.25) is 0 Å². The zero-order valence-electron chi connectivity index (χ0n) is 16.2. The summed E-state index contributed by atoms with van der Waals surface area (Å²) in [7, 11) is 0. The van der Waals surface area contributed by atoms with Gasteiger partial charge < -0.3 is 14.4 Å². The molecule has 5 rings (SSSR count). The van der Waals surface area contributed by atoms with Crippen molar-refractivity contribution < 1.29 is 14.3 Å². The summed E-state index contributed by atoms with van der Waals surface area (Å²) in [6.45, 7) is 5.32. The Morgan fingerprint density at radius 1 is 0.966 bits per heavy atom. The van der Waals surface area contributed by atoms with Crippen LogP contribution in [0.25, 0.3) is 22.5 Å². The van der Waals surface area contributed by atoms with Gasteiger partial charge in [-0.05, 0) is 31.2 Å². The molecule has 1 fully saturated rings. The summed E-state index contributed by atoms with van der Waals surface area (Å²) in [4.78, 5) is 25.0. The number of carbonyl (C=O) groups is 1. The summed E-state index contributed by atoms with van der Waals surface area (Å²) < 4.78 is 11.0. The van der Waals surface area contributed by atoms with E-state index < -0.39 is 0 Å². The van der Waals surface area contributed by atoms with Crippen molar-refractivity contribution in [1.29, 1.82) is 0 Å². The van der Waals surface area contributed by atoms with E-state index >= 15 is 0 Å². The third kappa shape index (κ3) is 3.06. The molecule has 6 heteroatoms. The van der Waals surface area contributed by atoms with Crippen LogP contribution < -0.4 is 9.64 Å². The van der Waals surface area contributed by atoms with E-state index in [0.29, 0.717) is 48.3 Å². The molecule has 0 unspecified atom stereocenters. The minimum Gasteiger partial charge on any atom is -0.494 e. The summed E-state index contributed by atoms with van der Waals surface area (Å²) >= 11 is 0. The van der Waals surface area contributed by atoms with Gasteiger partial charge >= 0.3 is 0 Å². The van der Waals surface area contributed by atoms with Crippen molar-refractivity contribution in [3.05, 3.63) is 59.7 Å². The summed E-state index contributed by atoms with van der Waals surface area (Å²) in [6, 6.07) is 15.4. The van der Waals surface area contributed by atoms with Gasteiger partial charge in [0.1, 0.15) is 5.75 Å². The Labute approximate surface area is 169 Å². The number of ketones is 1. The van der Waals surface area contributed by atoms with Gasteiger partial charge in [-0.3, -0.25) is 4.79 Å². The minimum atomic E-state index is -0.0204. The smallest absolute Gasteiger partial charge is 0.226 e. The van der Waals surface area contributed by atoms with E-state index in [1.165, 1.54) is 0 Å². The summed E-state index contributed by atoms with van der Waals surface area (Å²) in [6.07, 6.45) is 0. The molecule has 1 aliphatic heterocycles. The highest BCUT2D eigenvalue weighted by Gasteiger charge is 2.33. The molecule has 29 heavy (non-hydrogen) atoms. The monoisotopic (exact) mass is 387 g/mol. The van der Waals surface area contributed by atoms with E-state index in [2.05, 4.69) is 4.90 Å². The molecule has 2 aromatic carbocycles. The van der Waals surface area contributed by atoms with Crippen molar-refractivity contribution in [1.82, 2.24) is 9.97 Å². The normalized spacial score (nSPS) is 15.2. The molecule has 6 nitrogen and oxygen atoms in total. The average Bonchev–Trinajstić information content (AvgIpc) is 3.07. The lowest BCUT2D eigenvalue weighted by molar-refractivity contribution is 0.104. The maximum Gasteiger partial charge on any atom is 0.226 e. The van der Waals surface area contributed by atoms with Gasteiger partial charge in [-0.1, -0.05) is 24.3 Å². The Morgan fingerprint density at radius 3 is 2.38 bits per heavy atom. The van der Waals surface area contributed by atoms with Crippen molar-refractivity contribution in [2.24, 2.45) is 0 Å². The van der Waals surface area contributed by atoms with Crippen LogP contribution in [0, 0.1) is 0 Å². The fourth-order valence-corrected chi connectivity index (χ4v) is 3.87. The van der Waals surface area contributed by atoms with Crippen LogP contribution in [0.3, 0.4) is 0 Å². The number of morpholine rings is 1. The van der Waals surface area contributed by atoms with E-state index in [-0.39, 0.29) is 5.78 Å². The largest absolute Gasteiger partial charge is 0.494 e. The second kappa shape index (κ2) is 7.29. The molecule has 0 saturated carbocycles. The molecular weight excluding hydrogens is 366 g/mol. The molecule has 2 aliphatic rings. The molecule has 0 atom stereocenters. The molecule has 0 bridgehead atoms. The van der Waals surface area contributed by atoms with Gasteiger partial charge in [-0.2, -0.15) is 0 Å². The molecule has 0 radical (unpaired) electrons. The van der Waals surface area contributed by atoms with Crippen molar-refractivity contribution in [3.63, 3.8) is 0 Å². The second-order valence-corrected chi connectivity index (χ2v) is 7.03. The molecule has 0 amide bonds. The van der Waals surface area contributed by atoms with Crippen LogP contribution in [0.15, 0.2) is 48.5 Å². The predicted molar refractivity (Wildman–Crippen MR) is 111 cm³/mol. The first-order valence-electron chi connectivity index (χ1n) is 9.88. The Morgan fingerprint density at radius 2 is 1.66 bits per heavy atom. The Hall–Kier alpha value is -3.25. The zero-order chi connectivity index (χ0) is 19.8. The number of aromatic nitrogens is 2. The highest BCUT2D eigenvalue weighted by atomic mass is 16.5. The molecule has 2 heterocycles. The van der Waals surface area contributed by atoms with Crippen LogP contribution >= 0.6 is 0 Å². The summed E-state index contributed by atoms with van der Waals surface area (Å²) in [5.74, 6) is 1.42. The number of hydrogen-bond donors (Lipinski definition) is 0. The van der Waals surface area contributed by atoms with E-state index in [4.69, 9.17) is 19.4 Å². The average molecular weight is 387 g/mol. The van der Waals surface area contributed by atoms with Gasteiger partial charge in [-0.15, -0.1) is 0 Å².